The molecular weight excluding hydrogens is 418 g/mol. The van der Waals surface area contributed by atoms with Crippen molar-refractivity contribution >= 4 is 17.5 Å². The first-order valence-corrected chi connectivity index (χ1v) is 9.85. The van der Waals surface area contributed by atoms with E-state index in [2.05, 4.69) is 17.2 Å². The molecule has 2 aromatic rings. The van der Waals surface area contributed by atoms with Crippen molar-refractivity contribution in [3.63, 3.8) is 0 Å². The first kappa shape index (κ1) is 24.0. The molecule has 1 unspecified atom stereocenters. The largest absolute Gasteiger partial charge is 0.493 e. The average Bonchev–Trinajstić information content (AvgIpc) is 2.78. The zero-order chi connectivity index (χ0) is 22.6. The van der Waals surface area contributed by atoms with Crippen molar-refractivity contribution in [2.45, 2.75) is 19.1 Å². The van der Waals surface area contributed by atoms with Gasteiger partial charge in [0.05, 0.1) is 13.7 Å². The number of benzene rings is 2. The van der Waals surface area contributed by atoms with Gasteiger partial charge in [-0.05, 0) is 36.8 Å². The van der Waals surface area contributed by atoms with Crippen LogP contribution in [0.2, 0.25) is 5.02 Å². The highest BCUT2D eigenvalue weighted by atomic mass is 35.5. The lowest BCUT2D eigenvalue weighted by Crippen LogP contribution is -2.37. The predicted molar refractivity (Wildman–Crippen MR) is 119 cm³/mol. The predicted octanol–water partition coefficient (Wildman–Crippen LogP) is 3.64. The Labute approximate surface area is 187 Å². The standard InChI is InChI=1S/C24H24ClNO5/c1-5-13-29-21-12-11-20(15-22(21)28-4)31-17(3)16-26-24(27)23(30-14-6-2)18-7-9-19(25)10-8-18/h1-2,7-12,15,17,23H,13-14,16H2,3-4H3,(H,26,27)/t17-,23?/m0/s1. The van der Waals surface area contributed by atoms with Crippen LogP contribution in [-0.2, 0) is 9.53 Å². The second-order valence-corrected chi connectivity index (χ2v) is 6.86. The van der Waals surface area contributed by atoms with Gasteiger partial charge in [0.2, 0.25) is 0 Å². The fraction of sp³-hybridized carbons (Fsp3) is 0.292. The number of methoxy groups -OCH3 is 1. The Morgan fingerprint density at radius 1 is 1.10 bits per heavy atom. The molecule has 0 spiro atoms. The zero-order valence-electron chi connectivity index (χ0n) is 17.4. The normalized spacial score (nSPS) is 12.0. The van der Waals surface area contributed by atoms with Crippen LogP contribution in [0.25, 0.3) is 0 Å². The van der Waals surface area contributed by atoms with E-state index in [1.807, 2.05) is 6.92 Å². The Kier molecular flexibility index (Phi) is 9.58. The molecule has 0 bridgehead atoms. The second kappa shape index (κ2) is 12.4. The molecule has 1 N–H and O–H groups in total. The van der Waals surface area contributed by atoms with Crippen molar-refractivity contribution in [3.05, 3.63) is 53.1 Å². The quantitative estimate of drug-likeness (QED) is 0.539. The molecule has 2 rings (SSSR count). The van der Waals surface area contributed by atoms with Crippen molar-refractivity contribution < 1.29 is 23.7 Å². The minimum atomic E-state index is -0.854. The van der Waals surface area contributed by atoms with Gasteiger partial charge in [-0.1, -0.05) is 35.6 Å². The highest BCUT2D eigenvalue weighted by Gasteiger charge is 2.22. The summed E-state index contributed by atoms with van der Waals surface area (Å²) < 4.78 is 22.1. The maximum Gasteiger partial charge on any atom is 0.253 e. The van der Waals surface area contributed by atoms with E-state index in [-0.39, 0.29) is 31.8 Å². The smallest absolute Gasteiger partial charge is 0.253 e. The summed E-state index contributed by atoms with van der Waals surface area (Å²) in [5.74, 6) is 6.02. The molecule has 0 radical (unpaired) electrons. The van der Waals surface area contributed by atoms with E-state index in [1.54, 1.807) is 42.5 Å². The first-order valence-electron chi connectivity index (χ1n) is 9.47. The lowest BCUT2D eigenvalue weighted by atomic mass is 10.1. The van der Waals surface area contributed by atoms with Crippen molar-refractivity contribution in [1.29, 1.82) is 0 Å². The third-order valence-electron chi connectivity index (χ3n) is 4.09. The monoisotopic (exact) mass is 441 g/mol. The number of carbonyl (C=O) groups excluding carboxylic acids is 1. The number of rotatable bonds is 11. The van der Waals surface area contributed by atoms with E-state index in [9.17, 15) is 4.79 Å². The van der Waals surface area contributed by atoms with E-state index in [0.29, 0.717) is 27.8 Å². The average molecular weight is 442 g/mol. The van der Waals surface area contributed by atoms with Crippen LogP contribution in [0, 0.1) is 24.7 Å². The molecule has 31 heavy (non-hydrogen) atoms. The Morgan fingerprint density at radius 3 is 2.45 bits per heavy atom. The maximum absolute atomic E-state index is 12.7. The van der Waals surface area contributed by atoms with Crippen molar-refractivity contribution in [1.82, 2.24) is 5.32 Å². The number of amides is 1. The minimum Gasteiger partial charge on any atom is -0.493 e. The Balaban J connectivity index is 1.97. The molecule has 0 heterocycles. The third kappa shape index (κ3) is 7.46. The molecule has 6 nitrogen and oxygen atoms in total. The molecule has 2 aromatic carbocycles. The highest BCUT2D eigenvalue weighted by molar-refractivity contribution is 6.30. The third-order valence-corrected chi connectivity index (χ3v) is 4.34. The van der Waals surface area contributed by atoms with Crippen LogP contribution in [-0.4, -0.2) is 38.9 Å². The summed E-state index contributed by atoms with van der Waals surface area (Å²) in [5, 5.41) is 3.39. The van der Waals surface area contributed by atoms with Gasteiger partial charge in [-0.2, -0.15) is 0 Å². The SMILES string of the molecule is C#CCOc1ccc(O[C@@H](C)CNC(=O)C(OCC#C)c2ccc(Cl)cc2)cc1OC. The molecule has 0 aromatic heterocycles. The molecule has 2 atom stereocenters. The lowest BCUT2D eigenvalue weighted by molar-refractivity contribution is -0.132. The molecule has 0 aliphatic carbocycles. The topological polar surface area (TPSA) is 66.0 Å². The molecular formula is C24H24ClNO5. The number of hydrogen-bond donors (Lipinski definition) is 1. The van der Waals surface area contributed by atoms with Crippen molar-refractivity contribution in [2.24, 2.45) is 0 Å². The van der Waals surface area contributed by atoms with Gasteiger partial charge < -0.3 is 24.3 Å². The van der Waals surface area contributed by atoms with E-state index in [1.165, 1.54) is 7.11 Å². The molecule has 0 fully saturated rings. The van der Waals surface area contributed by atoms with E-state index >= 15 is 0 Å². The highest BCUT2D eigenvalue weighted by Crippen LogP contribution is 2.31. The van der Waals surface area contributed by atoms with Gasteiger partial charge >= 0.3 is 0 Å². The second-order valence-electron chi connectivity index (χ2n) is 6.43. The first-order chi connectivity index (χ1) is 15.0. The fourth-order valence-corrected chi connectivity index (χ4v) is 2.79. The summed E-state index contributed by atoms with van der Waals surface area (Å²) in [4.78, 5) is 12.7. The van der Waals surface area contributed by atoms with E-state index in [0.717, 1.165) is 0 Å². The van der Waals surface area contributed by atoms with Crippen LogP contribution in [0.3, 0.4) is 0 Å². The van der Waals surface area contributed by atoms with Gasteiger partial charge in [0.25, 0.3) is 5.91 Å². The van der Waals surface area contributed by atoms with Gasteiger partial charge in [0.1, 0.15) is 25.1 Å². The number of nitrogens with one attached hydrogen (secondary N) is 1. The Bertz CT molecular complexity index is 946. The summed E-state index contributed by atoms with van der Waals surface area (Å²) >= 11 is 5.92. The van der Waals surface area contributed by atoms with Gasteiger partial charge in [-0.3, -0.25) is 4.79 Å². The summed E-state index contributed by atoms with van der Waals surface area (Å²) in [6, 6.07) is 12.0. The van der Waals surface area contributed by atoms with Crippen LogP contribution in [0.1, 0.15) is 18.6 Å². The number of hydrogen-bond acceptors (Lipinski definition) is 5. The van der Waals surface area contributed by atoms with Crippen LogP contribution >= 0.6 is 11.6 Å². The molecule has 162 valence electrons. The van der Waals surface area contributed by atoms with Crippen LogP contribution < -0.4 is 19.5 Å². The van der Waals surface area contributed by atoms with Gasteiger partial charge in [-0.15, -0.1) is 12.8 Å². The zero-order valence-corrected chi connectivity index (χ0v) is 18.1. The molecule has 0 saturated carbocycles. The molecule has 1 amide bonds. The van der Waals surface area contributed by atoms with Crippen LogP contribution in [0.15, 0.2) is 42.5 Å². The van der Waals surface area contributed by atoms with Gasteiger partial charge in [0, 0.05) is 11.1 Å². The summed E-state index contributed by atoms with van der Waals surface area (Å²) in [6.07, 6.45) is 9.30. The van der Waals surface area contributed by atoms with Gasteiger partial charge in [0.15, 0.2) is 17.6 Å². The number of ether oxygens (including phenoxy) is 4. The fourth-order valence-electron chi connectivity index (χ4n) is 2.66. The summed E-state index contributed by atoms with van der Waals surface area (Å²) in [6.45, 7) is 2.21. The van der Waals surface area contributed by atoms with Crippen LogP contribution in [0.5, 0.6) is 17.2 Å². The van der Waals surface area contributed by atoms with E-state index < -0.39 is 6.10 Å². The molecule has 0 aliphatic heterocycles. The van der Waals surface area contributed by atoms with Crippen molar-refractivity contribution in [3.8, 4) is 41.9 Å². The van der Waals surface area contributed by atoms with Crippen molar-refractivity contribution in [2.75, 3.05) is 26.9 Å². The minimum absolute atomic E-state index is 0.000652. The molecule has 0 saturated heterocycles. The summed E-state index contributed by atoms with van der Waals surface area (Å²) in [7, 11) is 1.53. The lowest BCUT2D eigenvalue weighted by Gasteiger charge is -2.20. The maximum atomic E-state index is 12.7. The number of halogens is 1. The Morgan fingerprint density at radius 2 is 1.81 bits per heavy atom. The van der Waals surface area contributed by atoms with Gasteiger partial charge in [-0.25, -0.2) is 0 Å². The summed E-state index contributed by atoms with van der Waals surface area (Å²) in [5.41, 5.74) is 0.651. The number of carbonyl (C=O) groups is 1. The van der Waals surface area contributed by atoms with Crippen LogP contribution in [0.4, 0.5) is 0 Å². The Hall–Kier alpha value is -3.32. The number of terminal acetylenes is 2. The van der Waals surface area contributed by atoms with E-state index in [4.69, 9.17) is 43.4 Å². The molecule has 7 heteroatoms. The molecule has 0 aliphatic rings.